The van der Waals surface area contributed by atoms with Gasteiger partial charge in [0.25, 0.3) is 5.91 Å². The zero-order valence-corrected chi connectivity index (χ0v) is 34.4. The molecule has 2 unspecified atom stereocenters. The van der Waals surface area contributed by atoms with Crippen molar-refractivity contribution in [3.8, 4) is 16.9 Å². The lowest BCUT2D eigenvalue weighted by Crippen LogP contribution is -2.58. The van der Waals surface area contributed by atoms with E-state index in [-0.39, 0.29) is 37.0 Å². The Hall–Kier alpha value is -5.05. The van der Waals surface area contributed by atoms with Crippen LogP contribution < -0.4 is 25.7 Å². The number of methoxy groups -OCH3 is 1. The average Bonchev–Trinajstić information content (AvgIpc) is 4.16. The van der Waals surface area contributed by atoms with Gasteiger partial charge in [-0.1, -0.05) is 86.7 Å². The molecular weight excluding hydrogens is 773 g/mol. The van der Waals surface area contributed by atoms with Crippen LogP contribution in [-0.2, 0) is 29.2 Å². The predicted molar refractivity (Wildman–Crippen MR) is 222 cm³/mol. The number of amides is 4. The van der Waals surface area contributed by atoms with E-state index in [1.165, 1.54) is 16.7 Å². The topological polar surface area (TPSA) is 186 Å². The Kier molecular flexibility index (Phi) is 11.7. The fraction of sp³-hybridized carbons (Fsp3) is 0.545. The van der Waals surface area contributed by atoms with Crippen LogP contribution in [-0.4, -0.2) is 83.3 Å². The molecule has 3 N–H and O–H groups in total. The second kappa shape index (κ2) is 16.9. The Morgan fingerprint density at radius 2 is 1.68 bits per heavy atom. The number of aromatic nitrogens is 2. The highest BCUT2D eigenvalue weighted by atomic mass is 32.2. The molecule has 0 spiro atoms. The third-order valence-electron chi connectivity index (χ3n) is 13.0. The summed E-state index contributed by atoms with van der Waals surface area (Å²) in [5, 5.41) is 11.8. The lowest BCUT2D eigenvalue weighted by atomic mass is 9.87. The number of carbonyl (C=O) groups is 4. The zero-order valence-electron chi connectivity index (χ0n) is 33.6. The molecule has 0 bridgehead atoms. The van der Waals surface area contributed by atoms with Gasteiger partial charge in [-0.25, -0.2) is 13.1 Å². The minimum atomic E-state index is -3.92. The maximum Gasteiger partial charge on any atom is 0.310 e. The first-order valence-electron chi connectivity index (χ1n) is 21.3. The molecule has 8 rings (SSSR count). The van der Waals surface area contributed by atoms with Gasteiger partial charge in [0.15, 0.2) is 5.75 Å². The fourth-order valence-electron chi connectivity index (χ4n) is 9.42. The monoisotopic (exact) mass is 826 g/mol. The van der Waals surface area contributed by atoms with E-state index in [1.807, 2.05) is 54.6 Å². The van der Waals surface area contributed by atoms with Crippen molar-refractivity contribution in [3.05, 3.63) is 71.2 Å². The van der Waals surface area contributed by atoms with Gasteiger partial charge in [-0.3, -0.25) is 28.7 Å². The largest absolute Gasteiger partial charge is 0.491 e. The molecule has 3 aromatic rings. The van der Waals surface area contributed by atoms with E-state index in [9.17, 15) is 32.4 Å². The summed E-state index contributed by atoms with van der Waals surface area (Å²) in [6.07, 6.45) is 15.4. The van der Waals surface area contributed by atoms with Gasteiger partial charge in [0.05, 0.1) is 30.2 Å². The molecule has 4 amide bonds. The first-order valence-corrected chi connectivity index (χ1v) is 22.8. The number of sulfonamides is 1. The van der Waals surface area contributed by atoms with Gasteiger partial charge in [0.1, 0.15) is 17.6 Å². The number of hydrogen-bond donors (Lipinski definition) is 3. The number of fused-ring (bicyclic) bond motifs is 3. The number of rotatable bonds is 9. The Labute approximate surface area is 344 Å². The van der Waals surface area contributed by atoms with E-state index in [0.717, 1.165) is 61.3 Å². The van der Waals surface area contributed by atoms with Gasteiger partial charge in [0, 0.05) is 25.3 Å². The number of nitrogens with one attached hydrogen (secondary N) is 3. The van der Waals surface area contributed by atoms with Crippen LogP contribution in [0.4, 0.5) is 0 Å². The molecule has 14 nitrogen and oxygen atoms in total. The molecule has 3 saturated carbocycles. The number of carbonyl (C=O) groups excluding carboxylic acids is 4. The Morgan fingerprint density at radius 3 is 2.46 bits per heavy atom. The van der Waals surface area contributed by atoms with Crippen LogP contribution in [0.2, 0.25) is 0 Å². The van der Waals surface area contributed by atoms with E-state index in [1.54, 1.807) is 6.20 Å². The Balaban J connectivity index is 1.13. The van der Waals surface area contributed by atoms with E-state index in [2.05, 4.69) is 20.5 Å². The molecule has 1 saturated heterocycles. The zero-order chi connectivity index (χ0) is 41.3. The maximum atomic E-state index is 14.8. The van der Waals surface area contributed by atoms with E-state index in [0.29, 0.717) is 44.1 Å². The van der Waals surface area contributed by atoms with E-state index in [4.69, 9.17) is 4.74 Å². The molecule has 5 atom stereocenters. The van der Waals surface area contributed by atoms with Crippen molar-refractivity contribution >= 4 is 44.4 Å². The summed E-state index contributed by atoms with van der Waals surface area (Å²) in [6, 6.07) is 10.7. The third kappa shape index (κ3) is 8.53. The highest BCUT2D eigenvalue weighted by molar-refractivity contribution is 7.91. The van der Waals surface area contributed by atoms with Crippen LogP contribution in [0.3, 0.4) is 0 Å². The van der Waals surface area contributed by atoms with Crippen LogP contribution >= 0.6 is 0 Å². The van der Waals surface area contributed by atoms with Crippen molar-refractivity contribution in [2.45, 2.75) is 125 Å². The molecule has 3 aliphatic carbocycles. The van der Waals surface area contributed by atoms with Crippen molar-refractivity contribution in [3.63, 3.8) is 0 Å². The van der Waals surface area contributed by atoms with Gasteiger partial charge in [-0.2, -0.15) is 5.10 Å². The minimum Gasteiger partial charge on any atom is -0.491 e. The standard InChI is InChI=1S/C44H54N6O8S/c1-58-39-35(34-19-12-16-29-15-10-11-18-33(29)34)26-45-50(42(39)54)31-24-37-40(52)47-44(43(55)48-59(56,57)32-21-22-32)25-30(44)17-8-3-2-4-9-20-36(41(53)49(37)27-31)46-38(51)23-28-13-6-5-7-14-28/h8,10-12,15-19,26,28,30-32,36-37H,2-7,9,13-14,20-25,27H2,1H3,(H,46,51)(H,47,52)(H,48,55)/b17-8-/t30-,31?,36+,37+,44?/m1/s1. The number of ether oxygens (including phenoxy) is 1. The Morgan fingerprint density at radius 1 is 0.932 bits per heavy atom. The van der Waals surface area contributed by atoms with Gasteiger partial charge < -0.3 is 20.3 Å². The molecule has 4 fully saturated rings. The van der Waals surface area contributed by atoms with Gasteiger partial charge in [-0.15, -0.1) is 0 Å². The molecule has 2 aromatic carbocycles. The van der Waals surface area contributed by atoms with Crippen LogP contribution in [0.15, 0.2) is 65.6 Å². The summed E-state index contributed by atoms with van der Waals surface area (Å²) in [5.41, 5.74) is -0.814. The smallest absolute Gasteiger partial charge is 0.310 e. The molecule has 314 valence electrons. The number of allylic oxidation sites excluding steroid dienone is 1. The highest BCUT2D eigenvalue weighted by Gasteiger charge is 2.62. The summed E-state index contributed by atoms with van der Waals surface area (Å²) in [6.45, 7) is -0.0752. The number of nitrogens with zero attached hydrogens (tertiary/aromatic N) is 3. The van der Waals surface area contributed by atoms with E-state index >= 15 is 0 Å². The first-order chi connectivity index (χ1) is 28.5. The molecule has 15 heteroatoms. The van der Waals surface area contributed by atoms with Crippen LogP contribution in [0, 0.1) is 11.8 Å². The molecular formula is C44H54N6O8S. The normalized spacial score (nSPS) is 27.4. The quantitative estimate of drug-likeness (QED) is 0.258. The van der Waals surface area contributed by atoms with E-state index < -0.39 is 68.1 Å². The summed E-state index contributed by atoms with van der Waals surface area (Å²) >= 11 is 0. The fourth-order valence-corrected chi connectivity index (χ4v) is 10.8. The van der Waals surface area contributed by atoms with Crippen molar-refractivity contribution in [1.29, 1.82) is 0 Å². The summed E-state index contributed by atoms with van der Waals surface area (Å²) in [5.74, 6) is -2.24. The number of hydrogen-bond acceptors (Lipinski definition) is 9. The average molecular weight is 827 g/mol. The molecule has 1 aromatic heterocycles. The predicted octanol–water partition coefficient (Wildman–Crippen LogP) is 4.67. The van der Waals surface area contributed by atoms with Crippen molar-refractivity contribution in [1.82, 2.24) is 30.0 Å². The molecule has 0 radical (unpaired) electrons. The SMILES string of the molecule is COc1c(-c2cccc3ccccc23)cnn(C2C[C@H]3C(=O)NC4(C(=O)NS(=O)(=O)C5CC5)C[C@H]4/C=C\CCCCC[C@H](NC(=O)CC4CCCCC4)C(=O)N3C2)c1=O. The van der Waals surface area contributed by atoms with Crippen LogP contribution in [0.25, 0.3) is 21.9 Å². The summed E-state index contributed by atoms with van der Waals surface area (Å²) < 4.78 is 35.1. The molecule has 5 aliphatic rings. The Bertz CT molecular complexity index is 2310. The lowest BCUT2D eigenvalue weighted by molar-refractivity contribution is -0.142. The van der Waals surface area contributed by atoms with Crippen molar-refractivity contribution in [2.24, 2.45) is 11.8 Å². The first kappa shape index (κ1) is 40.7. The maximum absolute atomic E-state index is 14.8. The highest BCUT2D eigenvalue weighted by Crippen LogP contribution is 2.46. The number of benzene rings is 2. The summed E-state index contributed by atoms with van der Waals surface area (Å²) in [4.78, 5) is 72.5. The van der Waals surface area contributed by atoms with Gasteiger partial charge in [0.2, 0.25) is 27.7 Å². The van der Waals surface area contributed by atoms with Crippen LogP contribution in [0.1, 0.15) is 102 Å². The van der Waals surface area contributed by atoms with Crippen LogP contribution in [0.5, 0.6) is 5.75 Å². The van der Waals surface area contributed by atoms with Crippen molar-refractivity contribution in [2.75, 3.05) is 13.7 Å². The summed E-state index contributed by atoms with van der Waals surface area (Å²) in [7, 11) is -2.50. The molecule has 3 heterocycles. The second-order valence-corrected chi connectivity index (χ2v) is 19.1. The minimum absolute atomic E-state index is 0.0252. The van der Waals surface area contributed by atoms with Gasteiger partial charge in [-0.05, 0) is 73.6 Å². The molecule has 59 heavy (non-hydrogen) atoms. The van der Waals surface area contributed by atoms with Crippen molar-refractivity contribution < 1.29 is 32.3 Å². The third-order valence-corrected chi connectivity index (χ3v) is 14.8. The lowest BCUT2D eigenvalue weighted by Gasteiger charge is -2.30. The second-order valence-electron chi connectivity index (χ2n) is 17.1. The molecule has 2 aliphatic heterocycles. The van der Waals surface area contributed by atoms with Gasteiger partial charge >= 0.3 is 5.56 Å².